The van der Waals surface area contributed by atoms with Crippen LogP contribution in [0.5, 0.6) is 0 Å². The average molecular weight is 620 g/mol. The summed E-state index contributed by atoms with van der Waals surface area (Å²) in [6, 6.07) is 27.4. The van der Waals surface area contributed by atoms with Gasteiger partial charge in [-0.3, -0.25) is 24.1 Å². The Hall–Kier alpha value is -5.41. The zero-order valence-electron chi connectivity index (χ0n) is 24.7. The van der Waals surface area contributed by atoms with Gasteiger partial charge in [0.1, 0.15) is 12.6 Å². The number of rotatable bonds is 9. The second kappa shape index (κ2) is 12.3. The lowest BCUT2D eigenvalue weighted by Crippen LogP contribution is -2.46. The summed E-state index contributed by atoms with van der Waals surface area (Å²) in [5.41, 5.74) is 4.24. The molecule has 0 fully saturated rings. The smallest absolute Gasteiger partial charge is 0.299 e. The molecule has 6 rings (SSSR count). The largest absolute Gasteiger partial charge is 0.378 e. The van der Waals surface area contributed by atoms with Crippen LogP contribution >= 0.6 is 11.6 Å². The minimum atomic E-state index is -1.11. The number of benzene rings is 4. The number of carbonyl (C=O) groups is 4. The van der Waals surface area contributed by atoms with Crippen molar-refractivity contribution in [1.29, 1.82) is 0 Å². The molecule has 10 heteroatoms. The second-order valence-corrected chi connectivity index (χ2v) is 11.4. The zero-order chi connectivity index (χ0) is 31.7. The predicted molar refractivity (Wildman–Crippen MR) is 176 cm³/mol. The standard InChI is InChI=1S/C35H30ClN5O4/c1-39(2)25-17-15-24(16-18-25)38-34(44)32(28-19-37-29-9-5-3-7-26(28)29)41(20-22-11-13-23(36)14-12-22)31(42)21-40-30-10-6-4-8-27(30)33(43)35(40)45/h3-19,32,37H,20-21H2,1-2H3,(H,38,44). The number of anilines is 3. The van der Waals surface area contributed by atoms with Crippen LogP contribution in [0.4, 0.5) is 17.1 Å². The van der Waals surface area contributed by atoms with Crippen molar-refractivity contribution in [3.8, 4) is 0 Å². The SMILES string of the molecule is CN(C)c1ccc(NC(=O)C(c2c[nH]c3ccccc23)N(Cc2ccc(Cl)cc2)C(=O)CN2C(=O)C(=O)c3ccccc32)cc1. The normalized spacial score (nSPS) is 13.1. The molecular formula is C35H30ClN5O4. The van der Waals surface area contributed by atoms with Crippen LogP contribution in [-0.4, -0.2) is 54.0 Å². The van der Waals surface area contributed by atoms with Crippen molar-refractivity contribution in [2.24, 2.45) is 0 Å². The number of ketones is 1. The summed E-state index contributed by atoms with van der Waals surface area (Å²) in [7, 11) is 3.86. The van der Waals surface area contributed by atoms with Gasteiger partial charge in [-0.2, -0.15) is 0 Å². The second-order valence-electron chi connectivity index (χ2n) is 11.0. The molecule has 2 heterocycles. The van der Waals surface area contributed by atoms with Crippen LogP contribution in [0.2, 0.25) is 5.02 Å². The maximum Gasteiger partial charge on any atom is 0.299 e. The zero-order valence-corrected chi connectivity index (χ0v) is 25.4. The van der Waals surface area contributed by atoms with Gasteiger partial charge in [-0.15, -0.1) is 0 Å². The third-order valence-electron chi connectivity index (χ3n) is 7.89. The number of hydrogen-bond donors (Lipinski definition) is 2. The number of hydrogen-bond acceptors (Lipinski definition) is 5. The number of halogens is 1. The van der Waals surface area contributed by atoms with E-state index in [-0.39, 0.29) is 12.1 Å². The van der Waals surface area contributed by atoms with Crippen LogP contribution in [0.25, 0.3) is 10.9 Å². The van der Waals surface area contributed by atoms with Crippen LogP contribution < -0.4 is 15.1 Å². The van der Waals surface area contributed by atoms with E-state index in [1.807, 2.05) is 55.4 Å². The van der Waals surface area contributed by atoms with Crippen LogP contribution in [0.3, 0.4) is 0 Å². The summed E-state index contributed by atoms with van der Waals surface area (Å²) in [6.07, 6.45) is 1.73. The topological polar surface area (TPSA) is 106 Å². The molecule has 45 heavy (non-hydrogen) atoms. The monoisotopic (exact) mass is 619 g/mol. The molecule has 9 nitrogen and oxygen atoms in total. The quantitative estimate of drug-likeness (QED) is 0.202. The molecule has 0 aliphatic carbocycles. The number of nitrogens with zero attached hydrogens (tertiary/aromatic N) is 3. The van der Waals surface area contributed by atoms with Crippen LogP contribution in [0.15, 0.2) is 103 Å². The van der Waals surface area contributed by atoms with Gasteiger partial charge in [0.15, 0.2) is 0 Å². The molecule has 0 saturated carbocycles. The van der Waals surface area contributed by atoms with Crippen molar-refractivity contribution in [2.45, 2.75) is 12.6 Å². The summed E-state index contributed by atoms with van der Waals surface area (Å²) in [5, 5.41) is 4.30. The highest BCUT2D eigenvalue weighted by Crippen LogP contribution is 2.33. The molecule has 0 spiro atoms. The number of fused-ring (bicyclic) bond motifs is 2. The van der Waals surface area contributed by atoms with Crippen LogP contribution in [-0.2, 0) is 20.9 Å². The number of aromatic nitrogens is 1. The van der Waals surface area contributed by atoms with E-state index in [4.69, 9.17) is 11.6 Å². The minimum absolute atomic E-state index is 0.0325. The van der Waals surface area contributed by atoms with Gasteiger partial charge in [0, 0.05) is 59.7 Å². The number of H-pyrrole nitrogens is 1. The van der Waals surface area contributed by atoms with E-state index in [9.17, 15) is 19.2 Å². The Labute approximate surface area is 265 Å². The Kier molecular flexibility index (Phi) is 8.10. The van der Waals surface area contributed by atoms with Gasteiger partial charge in [-0.25, -0.2) is 0 Å². The predicted octanol–water partition coefficient (Wildman–Crippen LogP) is 5.83. The van der Waals surface area contributed by atoms with E-state index >= 15 is 0 Å². The van der Waals surface area contributed by atoms with E-state index in [1.165, 1.54) is 9.80 Å². The highest BCUT2D eigenvalue weighted by atomic mass is 35.5. The third kappa shape index (κ3) is 5.90. The van der Waals surface area contributed by atoms with E-state index < -0.39 is 36.1 Å². The number of Topliss-reactive ketones (excluding diaryl/α,β-unsaturated/α-hetero) is 1. The number of nitrogens with one attached hydrogen (secondary N) is 2. The van der Waals surface area contributed by atoms with Gasteiger partial charge in [0.25, 0.3) is 17.6 Å². The molecule has 0 saturated heterocycles. The summed E-state index contributed by atoms with van der Waals surface area (Å²) < 4.78 is 0. The lowest BCUT2D eigenvalue weighted by atomic mass is 10.0. The summed E-state index contributed by atoms with van der Waals surface area (Å²) in [6.45, 7) is -0.399. The van der Waals surface area contributed by atoms with E-state index in [0.717, 1.165) is 22.2 Å². The summed E-state index contributed by atoms with van der Waals surface area (Å²) >= 11 is 6.15. The number of amides is 3. The van der Waals surface area contributed by atoms with Crippen molar-refractivity contribution >= 4 is 63.1 Å². The first-order chi connectivity index (χ1) is 21.7. The van der Waals surface area contributed by atoms with E-state index in [1.54, 1.807) is 66.9 Å². The van der Waals surface area contributed by atoms with Gasteiger partial charge in [0.05, 0.1) is 11.3 Å². The fourth-order valence-corrected chi connectivity index (χ4v) is 5.69. The highest BCUT2D eigenvalue weighted by molar-refractivity contribution is 6.52. The van der Waals surface area contributed by atoms with E-state index in [2.05, 4.69) is 10.3 Å². The van der Waals surface area contributed by atoms with Gasteiger partial charge in [0.2, 0.25) is 5.91 Å². The third-order valence-corrected chi connectivity index (χ3v) is 8.14. The molecule has 2 N–H and O–H groups in total. The number of para-hydroxylation sites is 2. The first-order valence-electron chi connectivity index (χ1n) is 14.3. The van der Waals surface area contributed by atoms with Crippen LogP contribution in [0.1, 0.15) is 27.5 Å². The summed E-state index contributed by atoms with van der Waals surface area (Å²) in [5.74, 6) is -2.42. The molecule has 1 atom stereocenters. The van der Waals surface area contributed by atoms with Gasteiger partial charge in [-0.1, -0.05) is 54.1 Å². The Morgan fingerprint density at radius 3 is 2.31 bits per heavy atom. The molecule has 0 bridgehead atoms. The van der Waals surface area contributed by atoms with Gasteiger partial charge in [-0.05, 0) is 60.2 Å². The van der Waals surface area contributed by atoms with Crippen LogP contribution in [0, 0.1) is 0 Å². The maximum absolute atomic E-state index is 14.4. The molecule has 3 amide bonds. The van der Waals surface area contributed by atoms with Crippen molar-refractivity contribution in [2.75, 3.05) is 35.8 Å². The van der Waals surface area contributed by atoms with Crippen molar-refractivity contribution in [1.82, 2.24) is 9.88 Å². The van der Waals surface area contributed by atoms with Gasteiger partial charge >= 0.3 is 0 Å². The number of aromatic amines is 1. The molecule has 1 aliphatic rings. The first-order valence-corrected chi connectivity index (χ1v) is 14.7. The molecule has 226 valence electrons. The lowest BCUT2D eigenvalue weighted by Gasteiger charge is -2.32. The minimum Gasteiger partial charge on any atom is -0.378 e. The molecule has 1 aromatic heterocycles. The maximum atomic E-state index is 14.4. The lowest BCUT2D eigenvalue weighted by molar-refractivity contribution is -0.139. The summed E-state index contributed by atoms with van der Waals surface area (Å²) in [4.78, 5) is 62.3. The first kappa shape index (κ1) is 29.7. The Morgan fingerprint density at radius 1 is 0.889 bits per heavy atom. The molecule has 5 aromatic rings. The molecule has 1 unspecified atom stereocenters. The molecule has 0 radical (unpaired) electrons. The van der Waals surface area contributed by atoms with Gasteiger partial charge < -0.3 is 20.1 Å². The van der Waals surface area contributed by atoms with Crippen molar-refractivity contribution in [3.63, 3.8) is 0 Å². The Bertz CT molecular complexity index is 1920. The fourth-order valence-electron chi connectivity index (χ4n) is 5.57. The Morgan fingerprint density at radius 2 is 1.58 bits per heavy atom. The average Bonchev–Trinajstić information content (AvgIpc) is 3.57. The van der Waals surface area contributed by atoms with E-state index in [0.29, 0.717) is 22.0 Å². The Balaban J connectivity index is 1.42. The highest BCUT2D eigenvalue weighted by Gasteiger charge is 2.40. The fraction of sp³-hybridized carbons (Fsp3) is 0.143. The number of carbonyl (C=O) groups excluding carboxylic acids is 4. The molecule has 4 aromatic carbocycles. The van der Waals surface area contributed by atoms with Crippen molar-refractivity contribution < 1.29 is 19.2 Å². The molecular weight excluding hydrogens is 590 g/mol. The van der Waals surface area contributed by atoms with Crippen molar-refractivity contribution in [3.05, 3.63) is 125 Å². The molecule has 1 aliphatic heterocycles.